The molecule has 2 N–H and O–H groups in total. The number of hydrogen-bond donors (Lipinski definition) is 2. The van der Waals surface area contributed by atoms with Crippen LogP contribution < -0.4 is 10.1 Å². The summed E-state index contributed by atoms with van der Waals surface area (Å²) in [5.74, 6) is -0.764. The summed E-state index contributed by atoms with van der Waals surface area (Å²) in [6.45, 7) is 0.916. The molecule has 6 heteroatoms. The first-order valence-corrected chi connectivity index (χ1v) is 9.38. The number of carbonyl (C=O) groups is 2. The SMILES string of the molecule is COc1ccc(COCc2cccc(NC(=O)[C@@H]3CC[C@H](C(=O)O)C3)c2)cc1. The quantitative estimate of drug-likeness (QED) is 0.723. The number of benzene rings is 2. The van der Waals surface area contributed by atoms with Gasteiger partial charge >= 0.3 is 5.97 Å². The third-order valence-electron chi connectivity index (χ3n) is 5.04. The molecule has 2 aromatic carbocycles. The monoisotopic (exact) mass is 383 g/mol. The summed E-state index contributed by atoms with van der Waals surface area (Å²) >= 11 is 0. The van der Waals surface area contributed by atoms with Gasteiger partial charge in [-0.05, 0) is 54.7 Å². The Balaban J connectivity index is 1.49. The minimum atomic E-state index is -0.814. The molecule has 0 spiro atoms. The average molecular weight is 383 g/mol. The van der Waals surface area contributed by atoms with Crippen molar-refractivity contribution < 1.29 is 24.2 Å². The van der Waals surface area contributed by atoms with Crippen LogP contribution in [0.25, 0.3) is 0 Å². The van der Waals surface area contributed by atoms with Crippen LogP contribution in [-0.2, 0) is 27.5 Å². The maximum atomic E-state index is 12.4. The van der Waals surface area contributed by atoms with Crippen LogP contribution in [0, 0.1) is 11.8 Å². The maximum absolute atomic E-state index is 12.4. The highest BCUT2D eigenvalue weighted by molar-refractivity contribution is 5.93. The highest BCUT2D eigenvalue weighted by atomic mass is 16.5. The lowest BCUT2D eigenvalue weighted by Crippen LogP contribution is -2.21. The Morgan fingerprint density at radius 2 is 1.75 bits per heavy atom. The molecule has 148 valence electrons. The number of ether oxygens (including phenoxy) is 2. The molecule has 1 saturated carbocycles. The van der Waals surface area contributed by atoms with E-state index in [4.69, 9.17) is 14.6 Å². The van der Waals surface area contributed by atoms with E-state index in [1.807, 2.05) is 48.5 Å². The number of aliphatic carboxylic acids is 1. The number of carboxylic acids is 1. The van der Waals surface area contributed by atoms with Crippen LogP contribution in [0.3, 0.4) is 0 Å². The molecule has 0 heterocycles. The zero-order valence-corrected chi connectivity index (χ0v) is 15.9. The predicted molar refractivity (Wildman–Crippen MR) is 105 cm³/mol. The number of rotatable bonds is 8. The number of hydrogen-bond acceptors (Lipinski definition) is 4. The van der Waals surface area contributed by atoms with Gasteiger partial charge in [0.05, 0.1) is 26.2 Å². The van der Waals surface area contributed by atoms with E-state index >= 15 is 0 Å². The molecular weight excluding hydrogens is 358 g/mol. The van der Waals surface area contributed by atoms with Gasteiger partial charge in [-0.15, -0.1) is 0 Å². The Morgan fingerprint density at radius 1 is 1.04 bits per heavy atom. The van der Waals surface area contributed by atoms with Gasteiger partial charge in [0.15, 0.2) is 0 Å². The molecule has 0 bridgehead atoms. The van der Waals surface area contributed by atoms with Crippen molar-refractivity contribution in [2.45, 2.75) is 32.5 Å². The van der Waals surface area contributed by atoms with Gasteiger partial charge in [0, 0.05) is 11.6 Å². The van der Waals surface area contributed by atoms with E-state index in [-0.39, 0.29) is 11.8 Å². The molecule has 3 rings (SSSR count). The van der Waals surface area contributed by atoms with Gasteiger partial charge in [-0.2, -0.15) is 0 Å². The van der Waals surface area contributed by atoms with Crippen molar-refractivity contribution in [1.82, 2.24) is 0 Å². The number of methoxy groups -OCH3 is 1. The Kier molecular flexibility index (Phi) is 6.66. The van der Waals surface area contributed by atoms with Gasteiger partial charge in [0.25, 0.3) is 0 Å². The van der Waals surface area contributed by atoms with Crippen molar-refractivity contribution in [2.24, 2.45) is 11.8 Å². The highest BCUT2D eigenvalue weighted by Crippen LogP contribution is 2.32. The van der Waals surface area contributed by atoms with Crippen LogP contribution in [0.5, 0.6) is 5.75 Å². The molecule has 1 fully saturated rings. The molecule has 0 saturated heterocycles. The molecule has 0 aromatic heterocycles. The van der Waals surface area contributed by atoms with Crippen molar-refractivity contribution in [3.05, 3.63) is 59.7 Å². The molecule has 0 aliphatic heterocycles. The van der Waals surface area contributed by atoms with Gasteiger partial charge in [-0.3, -0.25) is 9.59 Å². The zero-order chi connectivity index (χ0) is 19.9. The normalized spacial score (nSPS) is 18.6. The second-order valence-electron chi connectivity index (χ2n) is 7.08. The van der Waals surface area contributed by atoms with Crippen LogP contribution in [0.2, 0.25) is 0 Å². The molecule has 28 heavy (non-hydrogen) atoms. The third kappa shape index (κ3) is 5.33. The van der Waals surface area contributed by atoms with E-state index in [2.05, 4.69) is 5.32 Å². The minimum absolute atomic E-state index is 0.111. The lowest BCUT2D eigenvalue weighted by molar-refractivity contribution is -0.141. The summed E-state index contributed by atoms with van der Waals surface area (Å²) in [5.41, 5.74) is 2.72. The molecule has 0 radical (unpaired) electrons. The fourth-order valence-corrected chi connectivity index (χ4v) is 3.44. The summed E-state index contributed by atoms with van der Waals surface area (Å²) in [7, 11) is 1.63. The fraction of sp³-hybridized carbons (Fsp3) is 0.364. The summed E-state index contributed by atoms with van der Waals surface area (Å²) in [5, 5.41) is 12.0. The van der Waals surface area contributed by atoms with E-state index in [1.54, 1.807) is 7.11 Å². The Hall–Kier alpha value is -2.86. The van der Waals surface area contributed by atoms with E-state index in [0.717, 1.165) is 16.9 Å². The molecule has 2 aromatic rings. The summed E-state index contributed by atoms with van der Waals surface area (Å²) < 4.78 is 10.9. The number of carbonyl (C=O) groups excluding carboxylic acids is 1. The van der Waals surface area contributed by atoms with E-state index in [1.165, 1.54) is 0 Å². The highest BCUT2D eigenvalue weighted by Gasteiger charge is 2.33. The Bertz CT molecular complexity index is 818. The zero-order valence-electron chi connectivity index (χ0n) is 15.9. The third-order valence-corrected chi connectivity index (χ3v) is 5.04. The molecule has 0 unspecified atom stereocenters. The van der Waals surface area contributed by atoms with E-state index in [0.29, 0.717) is 38.2 Å². The fourth-order valence-electron chi connectivity index (χ4n) is 3.44. The lowest BCUT2D eigenvalue weighted by Gasteiger charge is -2.12. The molecular formula is C22H25NO5. The standard InChI is InChI=1S/C22H25NO5/c1-27-20-9-5-15(6-10-20)13-28-14-16-3-2-4-19(11-16)23-21(24)17-7-8-18(12-17)22(25)26/h2-6,9-11,17-18H,7-8,12-14H2,1H3,(H,23,24)(H,25,26)/t17-,18+/m1/s1. The second kappa shape index (κ2) is 9.37. The van der Waals surface area contributed by atoms with Crippen LogP contribution >= 0.6 is 0 Å². The summed E-state index contributed by atoms with van der Waals surface area (Å²) in [4.78, 5) is 23.5. The number of anilines is 1. The van der Waals surface area contributed by atoms with Crippen molar-refractivity contribution in [3.8, 4) is 5.75 Å². The van der Waals surface area contributed by atoms with Crippen LogP contribution in [0.1, 0.15) is 30.4 Å². The van der Waals surface area contributed by atoms with E-state index in [9.17, 15) is 9.59 Å². The van der Waals surface area contributed by atoms with Gasteiger partial charge in [-0.1, -0.05) is 24.3 Å². The topological polar surface area (TPSA) is 84.9 Å². The first-order chi connectivity index (χ1) is 13.5. The van der Waals surface area contributed by atoms with Gasteiger partial charge < -0.3 is 19.9 Å². The van der Waals surface area contributed by atoms with Crippen molar-refractivity contribution in [2.75, 3.05) is 12.4 Å². The van der Waals surface area contributed by atoms with Crippen LogP contribution in [0.4, 0.5) is 5.69 Å². The number of amides is 1. The predicted octanol–water partition coefficient (Wildman–Crippen LogP) is 3.85. The van der Waals surface area contributed by atoms with E-state index < -0.39 is 11.9 Å². The van der Waals surface area contributed by atoms with Crippen molar-refractivity contribution in [1.29, 1.82) is 0 Å². The van der Waals surface area contributed by atoms with Crippen molar-refractivity contribution in [3.63, 3.8) is 0 Å². The minimum Gasteiger partial charge on any atom is -0.497 e. The molecule has 1 aliphatic rings. The van der Waals surface area contributed by atoms with Crippen LogP contribution in [-0.4, -0.2) is 24.1 Å². The molecule has 6 nitrogen and oxygen atoms in total. The largest absolute Gasteiger partial charge is 0.497 e. The van der Waals surface area contributed by atoms with Crippen LogP contribution in [0.15, 0.2) is 48.5 Å². The van der Waals surface area contributed by atoms with Gasteiger partial charge in [0.2, 0.25) is 5.91 Å². The van der Waals surface area contributed by atoms with Gasteiger partial charge in [0.1, 0.15) is 5.75 Å². The molecule has 1 amide bonds. The lowest BCUT2D eigenvalue weighted by atomic mass is 10.0. The average Bonchev–Trinajstić information content (AvgIpc) is 3.20. The molecule has 1 aliphatic carbocycles. The van der Waals surface area contributed by atoms with Gasteiger partial charge in [-0.25, -0.2) is 0 Å². The first-order valence-electron chi connectivity index (χ1n) is 9.38. The molecule has 2 atom stereocenters. The first kappa shape index (κ1) is 19.9. The number of nitrogens with one attached hydrogen (secondary N) is 1. The maximum Gasteiger partial charge on any atom is 0.306 e. The summed E-state index contributed by atoms with van der Waals surface area (Å²) in [6, 6.07) is 15.2. The Morgan fingerprint density at radius 3 is 2.43 bits per heavy atom. The number of carboxylic acid groups (broad SMARTS) is 1. The Labute approximate surface area is 164 Å². The smallest absolute Gasteiger partial charge is 0.306 e. The van der Waals surface area contributed by atoms with Crippen molar-refractivity contribution >= 4 is 17.6 Å². The summed E-state index contributed by atoms with van der Waals surface area (Å²) in [6.07, 6.45) is 1.59. The second-order valence-corrected chi connectivity index (χ2v) is 7.08.